The number of thioether (sulfide) groups is 1. The van der Waals surface area contributed by atoms with Crippen LogP contribution in [0.1, 0.15) is 15.9 Å². The van der Waals surface area contributed by atoms with Gasteiger partial charge in [0.25, 0.3) is 11.8 Å². The minimum Gasteiger partial charge on any atom is -0.268 e. The van der Waals surface area contributed by atoms with Gasteiger partial charge >= 0.3 is 0 Å². The van der Waals surface area contributed by atoms with Crippen molar-refractivity contribution >= 4 is 68.8 Å². The molecule has 7 heteroatoms. The van der Waals surface area contributed by atoms with E-state index in [4.69, 9.17) is 12.2 Å². The zero-order chi connectivity index (χ0) is 17.3. The molecule has 120 valence electrons. The fraction of sp³-hybridized carbons (Fsp3) is 0. The number of carbonyl (C=O) groups excluding carboxylic acids is 2. The standard InChI is InChI=1S/C17H9FINO2S2/c18-13-4-2-1-3-12(13)15(21)20-16(22)14(24-17(20)23)9-10-5-7-11(19)8-6-10/h1-9H/b14-9+. The van der Waals surface area contributed by atoms with Crippen molar-refractivity contribution in [1.82, 2.24) is 4.90 Å². The van der Waals surface area contributed by atoms with E-state index in [-0.39, 0.29) is 9.88 Å². The van der Waals surface area contributed by atoms with Gasteiger partial charge in [0, 0.05) is 3.57 Å². The lowest BCUT2D eigenvalue weighted by Gasteiger charge is -2.12. The highest BCUT2D eigenvalue weighted by Gasteiger charge is 2.38. The van der Waals surface area contributed by atoms with Gasteiger partial charge in [-0.2, -0.15) is 0 Å². The maximum Gasteiger partial charge on any atom is 0.273 e. The molecule has 0 atom stereocenters. The second kappa shape index (κ2) is 7.12. The van der Waals surface area contributed by atoms with E-state index < -0.39 is 17.6 Å². The summed E-state index contributed by atoms with van der Waals surface area (Å²) in [6.07, 6.45) is 1.67. The summed E-state index contributed by atoms with van der Waals surface area (Å²) in [5.41, 5.74) is 0.651. The molecule has 0 spiro atoms. The van der Waals surface area contributed by atoms with Gasteiger partial charge in [-0.3, -0.25) is 9.59 Å². The number of carbonyl (C=O) groups is 2. The Morgan fingerprint density at radius 3 is 2.50 bits per heavy atom. The van der Waals surface area contributed by atoms with Gasteiger partial charge in [-0.25, -0.2) is 9.29 Å². The van der Waals surface area contributed by atoms with Crippen LogP contribution in [-0.2, 0) is 4.79 Å². The van der Waals surface area contributed by atoms with Crippen LogP contribution in [0.15, 0.2) is 53.4 Å². The van der Waals surface area contributed by atoms with E-state index in [9.17, 15) is 14.0 Å². The van der Waals surface area contributed by atoms with E-state index in [1.54, 1.807) is 6.08 Å². The molecule has 3 rings (SSSR count). The number of hydrogen-bond donors (Lipinski definition) is 0. The number of nitrogens with zero attached hydrogens (tertiary/aromatic N) is 1. The number of halogens is 2. The largest absolute Gasteiger partial charge is 0.273 e. The molecule has 0 unspecified atom stereocenters. The maximum absolute atomic E-state index is 13.8. The lowest BCUT2D eigenvalue weighted by molar-refractivity contribution is -0.120. The van der Waals surface area contributed by atoms with Gasteiger partial charge in [0.15, 0.2) is 4.32 Å². The van der Waals surface area contributed by atoms with Crippen molar-refractivity contribution in [1.29, 1.82) is 0 Å². The Kier molecular flexibility index (Phi) is 5.12. The Balaban J connectivity index is 1.91. The van der Waals surface area contributed by atoms with Gasteiger partial charge in [0.2, 0.25) is 0 Å². The van der Waals surface area contributed by atoms with Crippen molar-refractivity contribution in [2.75, 3.05) is 0 Å². The van der Waals surface area contributed by atoms with Crippen LogP contribution >= 0.6 is 46.6 Å². The van der Waals surface area contributed by atoms with E-state index >= 15 is 0 Å². The van der Waals surface area contributed by atoms with E-state index in [2.05, 4.69) is 22.6 Å². The zero-order valence-corrected chi connectivity index (χ0v) is 15.8. The summed E-state index contributed by atoms with van der Waals surface area (Å²) >= 11 is 8.36. The fourth-order valence-electron chi connectivity index (χ4n) is 2.11. The summed E-state index contributed by atoms with van der Waals surface area (Å²) < 4.78 is 15.0. The third-order valence-electron chi connectivity index (χ3n) is 3.27. The molecule has 1 aliphatic heterocycles. The van der Waals surface area contributed by atoms with Crippen LogP contribution in [0.2, 0.25) is 0 Å². The Labute approximate surface area is 161 Å². The summed E-state index contributed by atoms with van der Waals surface area (Å²) in [5, 5.41) is 0. The first kappa shape index (κ1) is 17.2. The second-order valence-electron chi connectivity index (χ2n) is 4.85. The van der Waals surface area contributed by atoms with Crippen molar-refractivity contribution in [2.45, 2.75) is 0 Å². The molecule has 24 heavy (non-hydrogen) atoms. The fourth-order valence-corrected chi connectivity index (χ4v) is 3.72. The summed E-state index contributed by atoms with van der Waals surface area (Å²) in [6, 6.07) is 13.1. The third kappa shape index (κ3) is 3.42. The van der Waals surface area contributed by atoms with Crippen LogP contribution in [0, 0.1) is 9.39 Å². The van der Waals surface area contributed by atoms with Crippen LogP contribution in [0.5, 0.6) is 0 Å². The summed E-state index contributed by atoms with van der Waals surface area (Å²) in [4.78, 5) is 26.2. The number of benzene rings is 2. The first-order valence-corrected chi connectivity index (χ1v) is 9.10. The molecule has 2 amide bonds. The highest BCUT2D eigenvalue weighted by molar-refractivity contribution is 14.1. The number of rotatable bonds is 2. The van der Waals surface area contributed by atoms with Gasteiger partial charge in [-0.15, -0.1) is 0 Å². The van der Waals surface area contributed by atoms with Crippen LogP contribution in [-0.4, -0.2) is 21.0 Å². The van der Waals surface area contributed by atoms with Gasteiger partial charge in [-0.05, 0) is 58.5 Å². The highest BCUT2D eigenvalue weighted by Crippen LogP contribution is 2.33. The average Bonchev–Trinajstić information content (AvgIpc) is 2.83. The number of amides is 2. The minimum absolute atomic E-state index is 0.102. The number of imide groups is 1. The molecular weight excluding hydrogens is 460 g/mol. The summed E-state index contributed by atoms with van der Waals surface area (Å²) in [5.74, 6) is -1.96. The second-order valence-corrected chi connectivity index (χ2v) is 7.78. The molecule has 1 fully saturated rings. The molecule has 0 radical (unpaired) electrons. The first-order valence-electron chi connectivity index (χ1n) is 6.80. The quantitative estimate of drug-likeness (QED) is 0.282. The molecule has 2 aromatic carbocycles. The third-order valence-corrected chi connectivity index (χ3v) is 5.29. The summed E-state index contributed by atoms with van der Waals surface area (Å²) in [7, 11) is 0. The molecule has 0 N–H and O–H groups in total. The lowest BCUT2D eigenvalue weighted by Crippen LogP contribution is -2.35. The van der Waals surface area contributed by atoms with Gasteiger partial charge in [0.05, 0.1) is 10.5 Å². The first-order chi connectivity index (χ1) is 11.5. The van der Waals surface area contributed by atoms with E-state index in [0.29, 0.717) is 4.91 Å². The lowest BCUT2D eigenvalue weighted by atomic mass is 10.2. The van der Waals surface area contributed by atoms with Crippen molar-refractivity contribution in [2.24, 2.45) is 0 Å². The van der Waals surface area contributed by atoms with Gasteiger partial charge < -0.3 is 0 Å². The Morgan fingerprint density at radius 1 is 1.17 bits per heavy atom. The molecule has 0 aromatic heterocycles. The normalized spacial score (nSPS) is 16.1. The SMILES string of the molecule is O=C1/C(=C\c2ccc(I)cc2)SC(=S)N1C(=O)c1ccccc1F. The van der Waals surface area contributed by atoms with Crippen LogP contribution < -0.4 is 0 Å². The Morgan fingerprint density at radius 2 is 1.83 bits per heavy atom. The maximum atomic E-state index is 13.8. The molecule has 1 aliphatic rings. The van der Waals surface area contributed by atoms with Crippen molar-refractivity contribution < 1.29 is 14.0 Å². The van der Waals surface area contributed by atoms with E-state index in [0.717, 1.165) is 25.8 Å². The highest BCUT2D eigenvalue weighted by atomic mass is 127. The minimum atomic E-state index is -0.749. The van der Waals surface area contributed by atoms with Crippen LogP contribution in [0.4, 0.5) is 4.39 Å². The predicted octanol–water partition coefficient (Wildman–Crippen LogP) is 4.47. The number of thiocarbonyl (C=S) groups is 1. The van der Waals surface area contributed by atoms with Crippen LogP contribution in [0.3, 0.4) is 0 Å². The Hall–Kier alpha value is -1.58. The van der Waals surface area contributed by atoms with E-state index in [1.807, 2.05) is 24.3 Å². The molecule has 2 aromatic rings. The molecular formula is C17H9FINO2S2. The summed E-state index contributed by atoms with van der Waals surface area (Å²) in [6.45, 7) is 0. The van der Waals surface area contributed by atoms with Gasteiger partial charge in [-0.1, -0.05) is 48.2 Å². The predicted molar refractivity (Wildman–Crippen MR) is 105 cm³/mol. The molecule has 0 aliphatic carbocycles. The van der Waals surface area contributed by atoms with Crippen molar-refractivity contribution in [3.8, 4) is 0 Å². The monoisotopic (exact) mass is 469 g/mol. The topological polar surface area (TPSA) is 37.4 Å². The Bertz CT molecular complexity index is 880. The molecule has 3 nitrogen and oxygen atoms in total. The zero-order valence-electron chi connectivity index (χ0n) is 12.0. The van der Waals surface area contributed by atoms with Crippen molar-refractivity contribution in [3.63, 3.8) is 0 Å². The average molecular weight is 469 g/mol. The molecule has 0 saturated carbocycles. The van der Waals surface area contributed by atoms with Gasteiger partial charge in [0.1, 0.15) is 5.82 Å². The number of hydrogen-bond acceptors (Lipinski definition) is 4. The smallest absolute Gasteiger partial charge is 0.268 e. The van der Waals surface area contributed by atoms with Crippen molar-refractivity contribution in [3.05, 3.63) is 74.0 Å². The molecule has 0 bridgehead atoms. The molecule has 1 heterocycles. The van der Waals surface area contributed by atoms with E-state index in [1.165, 1.54) is 24.3 Å². The van der Waals surface area contributed by atoms with Crippen LogP contribution in [0.25, 0.3) is 6.08 Å². The molecule has 1 saturated heterocycles.